The molecule has 2 aromatic heterocycles. The largest absolute Gasteiger partial charge is 0.391 e. The molecule has 1 unspecified atom stereocenters. The van der Waals surface area contributed by atoms with Gasteiger partial charge in [-0.1, -0.05) is 165 Å². The van der Waals surface area contributed by atoms with E-state index in [1.54, 1.807) is 37.4 Å². The lowest BCUT2D eigenvalue weighted by Crippen LogP contribution is -2.49. The Labute approximate surface area is 562 Å². The van der Waals surface area contributed by atoms with Crippen molar-refractivity contribution in [2.75, 3.05) is 13.1 Å². The van der Waals surface area contributed by atoms with E-state index in [2.05, 4.69) is 117 Å². The Hall–Kier alpha value is -6.72. The first-order chi connectivity index (χ1) is 43.2. The number of carbonyl (C=O) groups excluding carboxylic acids is 8. The molecule has 4 aliphatic rings. The molecule has 3 N–H and O–H groups in total. The second kappa shape index (κ2) is 32.1. The van der Waals surface area contributed by atoms with Crippen LogP contribution in [0.4, 0.5) is 0 Å². The van der Waals surface area contributed by atoms with Crippen molar-refractivity contribution in [3.8, 4) is 20.9 Å². The van der Waals surface area contributed by atoms with Crippen molar-refractivity contribution in [3.63, 3.8) is 0 Å². The molecular weight excluding hydrogens is 1200 g/mol. The molecule has 0 saturated carbocycles. The summed E-state index contributed by atoms with van der Waals surface area (Å²) in [7, 11) is 0. The van der Waals surface area contributed by atoms with Crippen molar-refractivity contribution in [2.24, 2.45) is 34.5 Å². The van der Waals surface area contributed by atoms with Crippen LogP contribution in [0.1, 0.15) is 204 Å². The van der Waals surface area contributed by atoms with Crippen molar-refractivity contribution >= 4 is 69.4 Å². The molecule has 0 spiro atoms. The Balaban J connectivity index is 0.000000227. The number of rotatable bonds is 20. The number of nitrogens with zero attached hydrogens (tertiary/aromatic N) is 3. The van der Waals surface area contributed by atoms with E-state index in [9.17, 15) is 48.6 Å². The van der Waals surface area contributed by atoms with Crippen molar-refractivity contribution in [3.05, 3.63) is 141 Å². The minimum absolute atomic E-state index is 0. The van der Waals surface area contributed by atoms with Crippen LogP contribution in [0.15, 0.2) is 102 Å². The van der Waals surface area contributed by atoms with Crippen LogP contribution in [-0.2, 0) is 46.5 Å². The van der Waals surface area contributed by atoms with Gasteiger partial charge in [-0.15, -0.1) is 22.7 Å². The molecule has 93 heavy (non-hydrogen) atoms. The van der Waals surface area contributed by atoms with E-state index in [1.165, 1.54) is 37.6 Å². The summed E-state index contributed by atoms with van der Waals surface area (Å²) in [5, 5.41) is 27.7. The lowest BCUT2D eigenvalue weighted by Gasteiger charge is -2.35. The number of aliphatic hydroxyl groups is 2. The predicted octanol–water partition coefficient (Wildman–Crippen LogP) is 14.7. The molecule has 9 rings (SSSR count). The lowest BCUT2D eigenvalue weighted by atomic mass is 9.75. The molecule has 5 aromatic rings. The van der Waals surface area contributed by atoms with Gasteiger partial charge in [-0.25, -0.2) is 0 Å². The van der Waals surface area contributed by atoms with Gasteiger partial charge >= 0.3 is 0 Å². The molecule has 3 fully saturated rings. The van der Waals surface area contributed by atoms with Crippen LogP contribution in [0, 0.1) is 48.3 Å². The van der Waals surface area contributed by atoms with E-state index in [0.29, 0.717) is 38.1 Å². The molecule has 14 nitrogen and oxygen atoms in total. The third-order valence-corrected chi connectivity index (χ3v) is 21.0. The normalized spacial score (nSPS) is 19.9. The maximum Gasteiger partial charge on any atom is 0.255 e. The summed E-state index contributed by atoms with van der Waals surface area (Å²) >= 11 is 3.44. The van der Waals surface area contributed by atoms with Gasteiger partial charge in [0.2, 0.25) is 17.7 Å². The van der Waals surface area contributed by atoms with E-state index in [0.717, 1.165) is 34.4 Å². The van der Waals surface area contributed by atoms with Crippen molar-refractivity contribution in [1.29, 1.82) is 0 Å². The number of hydrogen-bond donors (Lipinski definition) is 3. The van der Waals surface area contributed by atoms with Crippen LogP contribution in [0.3, 0.4) is 0 Å². The summed E-state index contributed by atoms with van der Waals surface area (Å²) < 4.78 is 0. The number of benzene rings is 3. The number of β-amino-alcohol motifs (C(OH)–C–C–N with tert-alkyl or cyclic N) is 2. The molecular formula is C77H104N4O10S2. The second-order valence-electron chi connectivity index (χ2n) is 29.1. The zero-order chi connectivity index (χ0) is 67.8. The molecule has 3 saturated heterocycles. The van der Waals surface area contributed by atoms with Crippen LogP contribution >= 0.6 is 22.7 Å². The van der Waals surface area contributed by atoms with Crippen LogP contribution in [0.25, 0.3) is 20.9 Å². The quantitative estimate of drug-likeness (QED) is 0.0674. The van der Waals surface area contributed by atoms with Gasteiger partial charge in [-0.3, -0.25) is 38.4 Å². The van der Waals surface area contributed by atoms with E-state index in [4.69, 9.17) is 0 Å². The standard InChI is InChI=1S/C30H41NO4S.C29H39NO4S.C17H20N2O2.CH4/c1-18(2)26(33)16-24(30(5,6)7)29(35)31-17-23(32)15-25(31)27(34)14-20(4)21-8-10-22(11-9-21)28-19(3)12-13-36-28;1-18(2)26(33)16-23(29(4,5)6)28(34)30-17-22(31)15-24(30)25(32)12-9-20-7-10-21(11-8-20)27-19(3)13-14-35-27;1-10(2)12-5-4-6-13-14(12)9-19(17(13)21)15-8-7-11(3)18-16(15)20;/h8-13,18,20,23-25,32H,14-17H2,1-7H3;7-8,10-11,13-14,18,22-24,31H,9,12,15-17H2,1-6H3;4-6,10,15H,3,7-9H2,1-2H3,(H,18,20);1H4/t20-,23-,24-,25+;22-,23-,24+;;/m11../s1. The molecule has 0 bridgehead atoms. The van der Waals surface area contributed by atoms with Gasteiger partial charge in [0, 0.05) is 103 Å². The highest BCUT2D eigenvalue weighted by atomic mass is 32.1. The third-order valence-electron chi connectivity index (χ3n) is 18.9. The SMILES string of the molecule is C.C=C1CCC(N2Cc3c(cccc3C(C)C)C2=O)C(=O)N1.Cc1ccsc1-c1ccc(CCC(=O)[C@@H]2C[C@@H](O)CN2C(=O)[C@@H](CC(=O)C(C)C)C(C)(C)C)cc1.Cc1ccsc1-c1ccc([C@H](C)CC(=O)[C@@H]2C[C@@H](O)CN2C(=O)[C@@H](CC(=O)C(C)C)C(C)(C)C)cc1. The number of likely N-dealkylation sites (tertiary alicyclic amines) is 2. The fraction of sp³-hybridized carbons (Fsp3) is 0.532. The average molecular weight is 1310 g/mol. The fourth-order valence-electron chi connectivity index (χ4n) is 12.9. The minimum Gasteiger partial charge on any atom is -0.391 e. The molecule has 4 aliphatic heterocycles. The number of aryl methyl sites for hydroxylation is 3. The van der Waals surface area contributed by atoms with Crippen LogP contribution in [-0.4, -0.2) is 115 Å². The first kappa shape index (κ1) is 75.3. The highest BCUT2D eigenvalue weighted by Gasteiger charge is 2.47. The van der Waals surface area contributed by atoms with Gasteiger partial charge in [-0.2, -0.15) is 0 Å². The molecule has 504 valence electrons. The Morgan fingerprint density at radius 1 is 0.645 bits per heavy atom. The van der Waals surface area contributed by atoms with E-state index in [-0.39, 0.29) is 117 Å². The lowest BCUT2D eigenvalue weighted by molar-refractivity contribution is -0.146. The minimum atomic E-state index is -0.729. The summed E-state index contributed by atoms with van der Waals surface area (Å²) in [6, 6.07) is 25.1. The third kappa shape index (κ3) is 18.8. The molecule has 6 heterocycles. The number of piperidine rings is 1. The molecule has 0 radical (unpaired) electrons. The van der Waals surface area contributed by atoms with Gasteiger partial charge in [0.05, 0.1) is 24.3 Å². The summed E-state index contributed by atoms with van der Waals surface area (Å²) in [5.74, 6) is -1.51. The number of thiophene rings is 2. The molecule has 8 atom stereocenters. The van der Waals surface area contributed by atoms with Gasteiger partial charge < -0.3 is 30.2 Å². The topological polar surface area (TPSA) is 199 Å². The van der Waals surface area contributed by atoms with Crippen LogP contribution < -0.4 is 5.32 Å². The number of carbonyl (C=O) groups is 8. The maximum atomic E-state index is 13.7. The van der Waals surface area contributed by atoms with E-state index < -0.39 is 47.0 Å². The first-order valence-corrected chi connectivity index (χ1v) is 34.7. The summed E-state index contributed by atoms with van der Waals surface area (Å²) in [6.45, 7) is 34.2. The fourth-order valence-corrected chi connectivity index (χ4v) is 14.7. The van der Waals surface area contributed by atoms with E-state index >= 15 is 0 Å². The number of fused-ring (bicyclic) bond motifs is 1. The van der Waals surface area contributed by atoms with E-state index in [1.807, 2.05) is 88.3 Å². The van der Waals surface area contributed by atoms with Gasteiger partial charge in [0.15, 0.2) is 11.6 Å². The summed E-state index contributed by atoms with van der Waals surface area (Å²) in [4.78, 5) is 111. The summed E-state index contributed by atoms with van der Waals surface area (Å²) in [5.41, 5.74) is 9.91. The van der Waals surface area contributed by atoms with Gasteiger partial charge in [-0.05, 0) is 129 Å². The Morgan fingerprint density at radius 3 is 1.55 bits per heavy atom. The number of amides is 4. The smallest absolute Gasteiger partial charge is 0.255 e. The van der Waals surface area contributed by atoms with Crippen molar-refractivity contribution < 1.29 is 48.6 Å². The Morgan fingerprint density at radius 2 is 1.12 bits per heavy atom. The first-order valence-electron chi connectivity index (χ1n) is 32.9. The predicted molar refractivity (Wildman–Crippen MR) is 375 cm³/mol. The number of aliphatic hydroxyl groups excluding tert-OH is 2. The Bertz CT molecular complexity index is 3470. The number of allylic oxidation sites excluding steroid dienone is 1. The molecule has 4 amide bonds. The highest BCUT2D eigenvalue weighted by Crippen LogP contribution is 2.39. The Kier molecular flexibility index (Phi) is 26.0. The average Bonchev–Trinajstić information content (AvgIpc) is 1.67. The molecule has 3 aromatic carbocycles. The van der Waals surface area contributed by atoms with Crippen molar-refractivity contribution in [1.82, 2.24) is 20.0 Å². The highest BCUT2D eigenvalue weighted by molar-refractivity contribution is 7.14. The van der Waals surface area contributed by atoms with Crippen molar-refractivity contribution in [2.45, 2.75) is 218 Å². The zero-order valence-corrected chi connectivity index (χ0v) is 58.7. The van der Waals surface area contributed by atoms with Crippen LogP contribution in [0.5, 0.6) is 0 Å². The number of Topliss-reactive ketones (excluding diaryl/α,β-unsaturated/α-hetero) is 4. The van der Waals surface area contributed by atoms with Crippen LogP contribution in [0.2, 0.25) is 0 Å². The number of hydrogen-bond acceptors (Lipinski definition) is 12. The zero-order valence-electron chi connectivity index (χ0n) is 57.0. The number of nitrogens with one attached hydrogen (secondary N) is 1. The van der Waals surface area contributed by atoms with Gasteiger partial charge in [0.25, 0.3) is 5.91 Å². The maximum absolute atomic E-state index is 13.7. The molecule has 0 aliphatic carbocycles. The second-order valence-corrected chi connectivity index (χ2v) is 30.9. The molecule has 16 heteroatoms. The van der Waals surface area contributed by atoms with Gasteiger partial charge in [0.1, 0.15) is 17.6 Å². The monoisotopic (exact) mass is 1310 g/mol. The number of ketones is 4. The summed E-state index contributed by atoms with van der Waals surface area (Å²) in [6.07, 6.45) is 1.95.